The summed E-state index contributed by atoms with van der Waals surface area (Å²) in [6, 6.07) is 9.67. The van der Waals surface area contributed by atoms with Crippen LogP contribution in [0.15, 0.2) is 30.3 Å². The van der Waals surface area contributed by atoms with E-state index in [1.54, 1.807) is 0 Å². The molecule has 1 N–H and O–H groups in total. The normalized spacial score (nSPS) is 11.1. The largest absolute Gasteiger partial charge is 0.480 e. The van der Waals surface area contributed by atoms with Gasteiger partial charge >= 0.3 is 5.97 Å². The maximum absolute atomic E-state index is 11.3. The van der Waals surface area contributed by atoms with Crippen LogP contribution in [0.3, 0.4) is 0 Å². The Labute approximate surface area is 146 Å². The number of nitrogens with zero attached hydrogens (tertiary/aromatic N) is 4. The summed E-state index contributed by atoms with van der Waals surface area (Å²) in [4.78, 5) is 29.3. The van der Waals surface area contributed by atoms with Crippen LogP contribution in [0.1, 0.15) is 16.3 Å². The van der Waals surface area contributed by atoms with E-state index in [0.29, 0.717) is 16.0 Å². The molecule has 0 saturated carbocycles. The fourth-order valence-electron chi connectivity index (χ4n) is 2.63. The summed E-state index contributed by atoms with van der Waals surface area (Å²) < 4.78 is 5.91. The van der Waals surface area contributed by atoms with Crippen molar-refractivity contribution in [3.05, 3.63) is 41.9 Å². The molecule has 25 heavy (non-hydrogen) atoms. The number of methoxy groups -OCH3 is 1. The lowest BCUT2D eigenvalue weighted by molar-refractivity contribution is 0.0683. The molecule has 0 bridgehead atoms. The average Bonchev–Trinajstić information content (AvgIpc) is 3.00. The molecule has 0 aliphatic carbocycles. The number of carboxylic acid groups (broad SMARTS) is 1. The van der Waals surface area contributed by atoms with Crippen molar-refractivity contribution < 1.29 is 14.6 Å². The molecule has 8 heteroatoms. The Bertz CT molecular complexity index is 1130. The van der Waals surface area contributed by atoms with Gasteiger partial charge in [-0.1, -0.05) is 30.3 Å². The monoisotopic (exact) mass is 352 g/mol. The molecule has 0 amide bonds. The van der Waals surface area contributed by atoms with Gasteiger partial charge in [0, 0.05) is 5.56 Å². The molecular weight excluding hydrogens is 340 g/mol. The first-order valence-electron chi connectivity index (χ1n) is 7.40. The molecule has 1 aromatic carbocycles. The van der Waals surface area contributed by atoms with Gasteiger partial charge in [-0.2, -0.15) is 4.98 Å². The summed E-state index contributed by atoms with van der Waals surface area (Å²) in [5.74, 6) is -0.678. The number of carboxylic acids is 1. The van der Waals surface area contributed by atoms with Gasteiger partial charge in [-0.05, 0) is 6.92 Å². The number of carbonyl (C=O) groups is 1. The van der Waals surface area contributed by atoms with Gasteiger partial charge in [0.1, 0.15) is 15.0 Å². The highest BCUT2D eigenvalue weighted by molar-refractivity contribution is 7.25. The molecule has 7 nitrogen and oxygen atoms in total. The number of aromatic nitrogens is 4. The standard InChI is InChI=1S/C17H12N4O3S/c1-8-10-11-12(15(24-2)20-14(19-11)17(22)23)25-16(10)21-13(18-8)9-6-4-3-5-7-9/h3-7H,1-2H3,(H,22,23). The van der Waals surface area contributed by atoms with E-state index in [-0.39, 0.29) is 11.7 Å². The third-order valence-electron chi connectivity index (χ3n) is 3.74. The molecule has 0 aliphatic rings. The van der Waals surface area contributed by atoms with Gasteiger partial charge < -0.3 is 9.84 Å². The summed E-state index contributed by atoms with van der Waals surface area (Å²) in [7, 11) is 1.45. The minimum absolute atomic E-state index is 0.228. The summed E-state index contributed by atoms with van der Waals surface area (Å²) >= 11 is 1.36. The van der Waals surface area contributed by atoms with Crippen LogP contribution in [-0.4, -0.2) is 38.1 Å². The lowest BCUT2D eigenvalue weighted by Gasteiger charge is -2.03. The third kappa shape index (κ3) is 2.47. The molecule has 0 saturated heterocycles. The molecule has 0 spiro atoms. The highest BCUT2D eigenvalue weighted by atomic mass is 32.1. The van der Waals surface area contributed by atoms with Gasteiger partial charge in [0.15, 0.2) is 5.82 Å². The first-order valence-corrected chi connectivity index (χ1v) is 8.21. The molecule has 4 aromatic rings. The quantitative estimate of drug-likeness (QED) is 0.604. The van der Waals surface area contributed by atoms with Crippen LogP contribution in [0.2, 0.25) is 0 Å². The van der Waals surface area contributed by atoms with Crippen LogP contribution in [0.5, 0.6) is 5.88 Å². The first kappa shape index (κ1) is 15.4. The van der Waals surface area contributed by atoms with E-state index in [1.807, 2.05) is 37.3 Å². The zero-order chi connectivity index (χ0) is 17.6. The lowest BCUT2D eigenvalue weighted by atomic mass is 10.2. The maximum Gasteiger partial charge on any atom is 0.374 e. The van der Waals surface area contributed by atoms with E-state index in [4.69, 9.17) is 4.74 Å². The Hall–Kier alpha value is -3.13. The molecule has 4 rings (SSSR count). The SMILES string of the molecule is COc1nc(C(=O)O)nc2c1sc1nc(-c3ccccc3)nc(C)c12. The number of aromatic carboxylic acids is 1. The fourth-order valence-corrected chi connectivity index (χ4v) is 3.76. The predicted octanol–water partition coefficient (Wildman–Crippen LogP) is 3.32. The van der Waals surface area contributed by atoms with Crippen molar-refractivity contribution in [1.82, 2.24) is 19.9 Å². The first-order chi connectivity index (χ1) is 12.1. The van der Waals surface area contributed by atoms with Crippen molar-refractivity contribution in [2.24, 2.45) is 0 Å². The second kappa shape index (κ2) is 5.75. The summed E-state index contributed by atoms with van der Waals surface area (Å²) in [6.07, 6.45) is 0. The molecule has 3 aromatic heterocycles. The Morgan fingerprint density at radius 1 is 1.12 bits per heavy atom. The van der Waals surface area contributed by atoms with E-state index in [2.05, 4.69) is 19.9 Å². The Morgan fingerprint density at radius 2 is 1.88 bits per heavy atom. The van der Waals surface area contributed by atoms with E-state index < -0.39 is 5.97 Å². The van der Waals surface area contributed by atoms with Crippen LogP contribution in [0.4, 0.5) is 0 Å². The van der Waals surface area contributed by atoms with Gasteiger partial charge in [0.2, 0.25) is 11.7 Å². The molecule has 0 atom stereocenters. The third-order valence-corrected chi connectivity index (χ3v) is 4.80. The smallest absolute Gasteiger partial charge is 0.374 e. The number of thiophene rings is 1. The molecule has 124 valence electrons. The summed E-state index contributed by atoms with van der Waals surface area (Å²) in [5.41, 5.74) is 2.14. The van der Waals surface area contributed by atoms with Crippen molar-refractivity contribution in [2.45, 2.75) is 6.92 Å². The lowest BCUT2D eigenvalue weighted by Crippen LogP contribution is -2.05. The number of fused-ring (bicyclic) bond motifs is 3. The fraction of sp³-hybridized carbons (Fsp3) is 0.118. The Balaban J connectivity index is 2.06. The van der Waals surface area contributed by atoms with Crippen LogP contribution >= 0.6 is 11.3 Å². The molecule has 0 unspecified atom stereocenters. The Morgan fingerprint density at radius 3 is 2.56 bits per heavy atom. The summed E-state index contributed by atoms with van der Waals surface area (Å²) in [5, 5.41) is 9.95. The molecular formula is C17H12N4O3S. The number of ether oxygens (including phenoxy) is 1. The second-order valence-electron chi connectivity index (χ2n) is 5.32. The van der Waals surface area contributed by atoms with Gasteiger partial charge in [-0.25, -0.2) is 19.7 Å². The maximum atomic E-state index is 11.3. The zero-order valence-corrected chi connectivity index (χ0v) is 14.2. The minimum Gasteiger partial charge on any atom is -0.480 e. The number of rotatable bonds is 3. The number of hydrogen-bond donors (Lipinski definition) is 1. The van der Waals surface area contributed by atoms with Gasteiger partial charge in [0.05, 0.1) is 18.2 Å². The van der Waals surface area contributed by atoms with Crippen molar-refractivity contribution >= 4 is 37.7 Å². The van der Waals surface area contributed by atoms with Crippen LogP contribution < -0.4 is 4.74 Å². The molecule has 0 radical (unpaired) electrons. The van der Waals surface area contributed by atoms with Crippen LogP contribution in [0, 0.1) is 6.92 Å². The van der Waals surface area contributed by atoms with E-state index in [9.17, 15) is 9.90 Å². The van der Waals surface area contributed by atoms with Crippen molar-refractivity contribution in [3.63, 3.8) is 0 Å². The summed E-state index contributed by atoms with van der Waals surface area (Å²) in [6.45, 7) is 1.86. The van der Waals surface area contributed by atoms with Gasteiger partial charge in [0.25, 0.3) is 0 Å². The van der Waals surface area contributed by atoms with Crippen LogP contribution in [-0.2, 0) is 0 Å². The highest BCUT2D eigenvalue weighted by Crippen LogP contribution is 2.38. The van der Waals surface area contributed by atoms with E-state index >= 15 is 0 Å². The van der Waals surface area contributed by atoms with Gasteiger partial charge in [-0.3, -0.25) is 0 Å². The second-order valence-corrected chi connectivity index (χ2v) is 6.32. The highest BCUT2D eigenvalue weighted by Gasteiger charge is 2.20. The number of benzene rings is 1. The van der Waals surface area contributed by atoms with Gasteiger partial charge in [-0.15, -0.1) is 11.3 Å². The minimum atomic E-state index is -1.21. The Kier molecular flexibility index (Phi) is 3.54. The van der Waals surface area contributed by atoms with Crippen molar-refractivity contribution in [3.8, 4) is 17.3 Å². The zero-order valence-electron chi connectivity index (χ0n) is 13.3. The van der Waals surface area contributed by atoms with Crippen molar-refractivity contribution in [2.75, 3.05) is 7.11 Å². The van der Waals surface area contributed by atoms with Crippen molar-refractivity contribution in [1.29, 1.82) is 0 Å². The van der Waals surface area contributed by atoms with Crippen LogP contribution in [0.25, 0.3) is 31.8 Å². The average molecular weight is 352 g/mol. The van der Waals surface area contributed by atoms with E-state index in [0.717, 1.165) is 21.5 Å². The predicted molar refractivity (Wildman–Crippen MR) is 94.2 cm³/mol. The molecule has 0 fully saturated rings. The molecule has 0 aliphatic heterocycles. The van der Waals surface area contributed by atoms with E-state index in [1.165, 1.54) is 18.4 Å². The number of aryl methyl sites for hydroxylation is 1. The molecule has 3 heterocycles. The topological polar surface area (TPSA) is 98.1 Å². The number of hydrogen-bond acceptors (Lipinski definition) is 7.